The zero-order chi connectivity index (χ0) is 15.6. The Morgan fingerprint density at radius 2 is 1.71 bits per heavy atom. The number of hydrogen-bond donors (Lipinski definition) is 2. The van der Waals surface area contributed by atoms with Gasteiger partial charge in [0, 0.05) is 0 Å². The number of alkyl halides is 3. The van der Waals surface area contributed by atoms with Crippen LogP contribution in [0.15, 0.2) is 42.5 Å². The molecule has 0 radical (unpaired) electrons. The number of halogens is 5. The number of rotatable bonds is 3. The van der Waals surface area contributed by atoms with Crippen LogP contribution in [0.2, 0.25) is 5.02 Å². The van der Waals surface area contributed by atoms with Gasteiger partial charge < -0.3 is 0 Å². The first-order valence-electron chi connectivity index (χ1n) is 5.91. The van der Waals surface area contributed by atoms with Gasteiger partial charge in [-0.3, -0.25) is 5.84 Å². The van der Waals surface area contributed by atoms with Gasteiger partial charge in [0.15, 0.2) is 0 Å². The topological polar surface area (TPSA) is 38.0 Å². The van der Waals surface area contributed by atoms with Crippen molar-refractivity contribution < 1.29 is 17.6 Å². The maximum Gasteiger partial charge on any atom is 0.416 e. The fourth-order valence-electron chi connectivity index (χ4n) is 1.97. The molecule has 21 heavy (non-hydrogen) atoms. The van der Waals surface area contributed by atoms with E-state index in [0.29, 0.717) is 11.1 Å². The van der Waals surface area contributed by atoms with Crippen molar-refractivity contribution in [3.05, 3.63) is 70.0 Å². The molecule has 0 heterocycles. The fraction of sp³-hybridized carbons (Fsp3) is 0.143. The van der Waals surface area contributed by atoms with Crippen LogP contribution in [-0.2, 0) is 6.18 Å². The number of benzene rings is 2. The Morgan fingerprint density at radius 3 is 2.29 bits per heavy atom. The van der Waals surface area contributed by atoms with Gasteiger partial charge in [-0.1, -0.05) is 29.8 Å². The van der Waals surface area contributed by atoms with Gasteiger partial charge >= 0.3 is 6.18 Å². The monoisotopic (exact) mass is 318 g/mol. The van der Waals surface area contributed by atoms with Crippen molar-refractivity contribution in [2.45, 2.75) is 12.2 Å². The van der Waals surface area contributed by atoms with Crippen LogP contribution < -0.4 is 11.3 Å². The summed E-state index contributed by atoms with van der Waals surface area (Å²) in [5.41, 5.74) is 2.39. The number of nitrogens with one attached hydrogen (secondary N) is 1. The van der Waals surface area contributed by atoms with Crippen LogP contribution in [-0.4, -0.2) is 0 Å². The molecule has 3 N–H and O–H groups in total. The average molecular weight is 319 g/mol. The molecule has 0 saturated carbocycles. The smallest absolute Gasteiger partial charge is 0.271 e. The normalized spacial score (nSPS) is 13.2. The standard InChI is InChI=1S/C14H11ClF4N2/c15-11-7-9(4-5-12(11)16)13(21-20)8-2-1-3-10(6-8)14(17,18)19/h1-7,13,21H,20H2. The molecule has 112 valence electrons. The van der Waals surface area contributed by atoms with Crippen LogP contribution in [0.4, 0.5) is 17.6 Å². The first-order valence-corrected chi connectivity index (χ1v) is 6.29. The highest BCUT2D eigenvalue weighted by atomic mass is 35.5. The van der Waals surface area contributed by atoms with Gasteiger partial charge in [-0.25, -0.2) is 9.82 Å². The summed E-state index contributed by atoms with van der Waals surface area (Å²) in [5.74, 6) is 4.81. The molecule has 0 aliphatic rings. The lowest BCUT2D eigenvalue weighted by Crippen LogP contribution is -2.29. The molecule has 2 aromatic carbocycles. The van der Waals surface area contributed by atoms with E-state index < -0.39 is 23.6 Å². The van der Waals surface area contributed by atoms with Crippen LogP contribution in [0.3, 0.4) is 0 Å². The van der Waals surface area contributed by atoms with Gasteiger partial charge in [0.05, 0.1) is 16.6 Å². The van der Waals surface area contributed by atoms with Crippen LogP contribution in [0, 0.1) is 5.82 Å². The van der Waals surface area contributed by atoms with Gasteiger partial charge in [0.25, 0.3) is 0 Å². The Hall–Kier alpha value is -1.63. The summed E-state index contributed by atoms with van der Waals surface area (Å²) in [5, 5.41) is -0.125. The summed E-state index contributed by atoms with van der Waals surface area (Å²) in [7, 11) is 0. The summed E-state index contributed by atoms with van der Waals surface area (Å²) < 4.78 is 51.4. The van der Waals surface area contributed by atoms with Crippen LogP contribution >= 0.6 is 11.6 Å². The molecule has 2 rings (SSSR count). The second kappa shape index (κ2) is 6.01. The van der Waals surface area contributed by atoms with Gasteiger partial charge in [-0.2, -0.15) is 13.2 Å². The average Bonchev–Trinajstić information content (AvgIpc) is 2.43. The third-order valence-corrected chi connectivity index (χ3v) is 3.28. The van der Waals surface area contributed by atoms with E-state index in [1.165, 1.54) is 24.3 Å². The minimum atomic E-state index is -4.45. The lowest BCUT2D eigenvalue weighted by molar-refractivity contribution is -0.137. The van der Waals surface area contributed by atoms with Crippen molar-refractivity contribution in [3.8, 4) is 0 Å². The molecule has 2 nitrogen and oxygen atoms in total. The van der Waals surface area contributed by atoms with E-state index in [1.54, 1.807) is 0 Å². The Labute approximate surface area is 123 Å². The van der Waals surface area contributed by atoms with Crippen molar-refractivity contribution in [1.29, 1.82) is 0 Å². The third kappa shape index (κ3) is 3.53. The van der Waals surface area contributed by atoms with E-state index in [-0.39, 0.29) is 5.02 Å². The zero-order valence-corrected chi connectivity index (χ0v) is 11.3. The Morgan fingerprint density at radius 1 is 1.05 bits per heavy atom. The molecule has 7 heteroatoms. The van der Waals surface area contributed by atoms with E-state index in [9.17, 15) is 17.6 Å². The lowest BCUT2D eigenvalue weighted by Gasteiger charge is -2.18. The highest BCUT2D eigenvalue weighted by molar-refractivity contribution is 6.30. The Bertz CT molecular complexity index is 643. The number of nitrogens with two attached hydrogens (primary N) is 1. The van der Waals surface area contributed by atoms with Crippen LogP contribution in [0.25, 0.3) is 0 Å². The second-order valence-electron chi connectivity index (χ2n) is 4.40. The first kappa shape index (κ1) is 15.8. The number of hydrazine groups is 1. The largest absolute Gasteiger partial charge is 0.416 e. The third-order valence-electron chi connectivity index (χ3n) is 2.99. The van der Waals surface area contributed by atoms with E-state index in [1.807, 2.05) is 0 Å². The van der Waals surface area contributed by atoms with Gasteiger partial charge in [-0.05, 0) is 35.4 Å². The highest BCUT2D eigenvalue weighted by Gasteiger charge is 2.31. The minimum Gasteiger partial charge on any atom is -0.271 e. The van der Waals surface area contributed by atoms with E-state index in [2.05, 4.69) is 5.43 Å². The van der Waals surface area contributed by atoms with E-state index >= 15 is 0 Å². The maximum absolute atomic E-state index is 13.2. The highest BCUT2D eigenvalue weighted by Crippen LogP contribution is 2.32. The van der Waals surface area contributed by atoms with Crippen molar-refractivity contribution in [1.82, 2.24) is 5.43 Å². The van der Waals surface area contributed by atoms with Crippen molar-refractivity contribution in [2.75, 3.05) is 0 Å². The molecular weight excluding hydrogens is 308 g/mol. The van der Waals surface area contributed by atoms with Gasteiger partial charge in [0.2, 0.25) is 0 Å². The molecule has 0 aliphatic carbocycles. The molecule has 0 bridgehead atoms. The predicted molar refractivity (Wildman–Crippen MR) is 72.0 cm³/mol. The van der Waals surface area contributed by atoms with Crippen LogP contribution in [0.5, 0.6) is 0 Å². The molecule has 0 spiro atoms. The summed E-state index contributed by atoms with van der Waals surface area (Å²) in [6.45, 7) is 0. The minimum absolute atomic E-state index is 0.125. The summed E-state index contributed by atoms with van der Waals surface area (Å²) in [6.07, 6.45) is -4.45. The Balaban J connectivity index is 2.44. The first-order chi connectivity index (χ1) is 9.82. The molecule has 1 unspecified atom stereocenters. The molecular formula is C14H11ClF4N2. The molecule has 0 fully saturated rings. The van der Waals surface area contributed by atoms with Crippen LogP contribution in [0.1, 0.15) is 22.7 Å². The molecule has 1 atom stereocenters. The van der Waals surface area contributed by atoms with Crippen molar-refractivity contribution in [3.63, 3.8) is 0 Å². The SMILES string of the molecule is NNC(c1cccc(C(F)(F)F)c1)c1ccc(F)c(Cl)c1. The van der Waals surface area contributed by atoms with Gasteiger partial charge in [0.1, 0.15) is 5.82 Å². The fourth-order valence-corrected chi connectivity index (χ4v) is 2.16. The number of hydrogen-bond acceptors (Lipinski definition) is 2. The van der Waals surface area contributed by atoms with Gasteiger partial charge in [-0.15, -0.1) is 0 Å². The molecule has 0 amide bonds. The lowest BCUT2D eigenvalue weighted by atomic mass is 9.97. The molecule has 0 saturated heterocycles. The molecule has 2 aromatic rings. The van der Waals surface area contributed by atoms with E-state index in [4.69, 9.17) is 17.4 Å². The maximum atomic E-state index is 13.2. The molecule has 0 aliphatic heterocycles. The summed E-state index contributed by atoms with van der Waals surface area (Å²) in [6, 6.07) is 7.87. The quantitative estimate of drug-likeness (QED) is 0.509. The summed E-state index contributed by atoms with van der Waals surface area (Å²) in [4.78, 5) is 0. The van der Waals surface area contributed by atoms with Crippen molar-refractivity contribution >= 4 is 11.6 Å². The summed E-state index contributed by atoms with van der Waals surface area (Å²) >= 11 is 5.68. The second-order valence-corrected chi connectivity index (χ2v) is 4.80. The molecule has 0 aromatic heterocycles. The van der Waals surface area contributed by atoms with E-state index in [0.717, 1.165) is 18.2 Å². The zero-order valence-electron chi connectivity index (χ0n) is 10.6. The Kier molecular flexibility index (Phi) is 4.51. The predicted octanol–water partition coefficient (Wildman–Crippen LogP) is 4.05. The van der Waals surface area contributed by atoms with Crippen molar-refractivity contribution in [2.24, 2.45) is 5.84 Å².